The maximum atomic E-state index is 8.35. The van der Waals surface area contributed by atoms with Crippen LogP contribution in [0.2, 0.25) is 0 Å². The van der Waals surface area contributed by atoms with Crippen LogP contribution in [0.1, 0.15) is 29.2 Å². The number of nitrogens with one attached hydrogen (secondary N) is 2. The minimum absolute atomic E-state index is 0.750. The fraction of sp³-hybridized carbons (Fsp3) is 0.286. The lowest BCUT2D eigenvalue weighted by molar-refractivity contribution is 0.562. The molecule has 0 radical (unpaired) electrons. The molecule has 0 aromatic heterocycles. The largest absolute Gasteiger partial charge is 0.231 e. The van der Waals surface area contributed by atoms with Gasteiger partial charge in [0.15, 0.2) is 0 Å². The lowest BCUT2D eigenvalue weighted by atomic mass is 9.95. The van der Waals surface area contributed by atoms with Gasteiger partial charge >= 0.3 is 0 Å². The average Bonchev–Trinajstić information content (AvgIpc) is 2.27. The molecular weight excluding hydrogens is 228 g/mol. The summed E-state index contributed by atoms with van der Waals surface area (Å²) in [5, 5.41) is 10.8. The summed E-state index contributed by atoms with van der Waals surface area (Å²) in [5.74, 6) is 0. The van der Waals surface area contributed by atoms with Crippen molar-refractivity contribution in [2.24, 2.45) is 0 Å². The van der Waals surface area contributed by atoms with E-state index < -0.39 is 0 Å². The van der Waals surface area contributed by atoms with Gasteiger partial charge in [-0.2, -0.15) is 0 Å². The highest BCUT2D eigenvalue weighted by atomic mass is 16.1. The van der Waals surface area contributed by atoms with Crippen LogP contribution in [0.15, 0.2) is 18.7 Å². The molecule has 0 heterocycles. The summed E-state index contributed by atoms with van der Waals surface area (Å²) < 4.78 is 0. The van der Waals surface area contributed by atoms with E-state index in [9.17, 15) is 0 Å². The number of aryl methyl sites for hydroxylation is 1. The van der Waals surface area contributed by atoms with E-state index in [1.165, 1.54) is 22.3 Å². The SMILES string of the molecule is C=C(C)c1ccc(C)c(C)c1C.N=C=O.N=C=O. The van der Waals surface area contributed by atoms with Crippen LogP contribution in [0.3, 0.4) is 0 Å². The summed E-state index contributed by atoms with van der Waals surface area (Å²) >= 11 is 0. The number of hydrogen-bond acceptors (Lipinski definition) is 4. The molecule has 0 aliphatic heterocycles. The van der Waals surface area contributed by atoms with Gasteiger partial charge in [-0.15, -0.1) is 0 Å². The molecule has 0 saturated carbocycles. The maximum Gasteiger partial charge on any atom is 0.231 e. The first-order valence-corrected chi connectivity index (χ1v) is 5.17. The van der Waals surface area contributed by atoms with Crippen molar-refractivity contribution < 1.29 is 9.59 Å². The van der Waals surface area contributed by atoms with Crippen molar-refractivity contribution in [1.29, 1.82) is 10.8 Å². The van der Waals surface area contributed by atoms with Gasteiger partial charge in [-0.25, -0.2) is 20.4 Å². The number of benzene rings is 1. The smallest absolute Gasteiger partial charge is 0.222 e. The molecule has 0 aliphatic carbocycles. The van der Waals surface area contributed by atoms with Crippen molar-refractivity contribution in [2.45, 2.75) is 27.7 Å². The van der Waals surface area contributed by atoms with Gasteiger partial charge in [0.1, 0.15) is 0 Å². The summed E-state index contributed by atoms with van der Waals surface area (Å²) in [6.45, 7) is 12.5. The predicted molar refractivity (Wildman–Crippen MR) is 72.2 cm³/mol. The van der Waals surface area contributed by atoms with Crippen LogP contribution < -0.4 is 0 Å². The molecule has 1 aromatic rings. The van der Waals surface area contributed by atoms with E-state index in [1.807, 2.05) is 0 Å². The maximum absolute atomic E-state index is 8.35. The average molecular weight is 246 g/mol. The molecule has 4 nitrogen and oxygen atoms in total. The standard InChI is InChI=1S/C12H16.2CHNO/c1-8(2)12-7-6-9(3)10(4)11(12)5;2*2-1-3/h6-7H,1H2,2-5H3;2*2H. The van der Waals surface area contributed by atoms with Crippen molar-refractivity contribution >= 4 is 17.7 Å². The second-order valence-corrected chi connectivity index (χ2v) is 3.66. The zero-order chi connectivity index (χ0) is 14.7. The van der Waals surface area contributed by atoms with Gasteiger partial charge in [-0.1, -0.05) is 24.3 Å². The number of isocyanates is 2. The van der Waals surface area contributed by atoms with Crippen molar-refractivity contribution in [3.05, 3.63) is 41.0 Å². The van der Waals surface area contributed by atoms with E-state index in [1.54, 1.807) is 0 Å². The van der Waals surface area contributed by atoms with Gasteiger partial charge in [0.25, 0.3) is 0 Å². The van der Waals surface area contributed by atoms with Gasteiger partial charge in [0, 0.05) is 0 Å². The van der Waals surface area contributed by atoms with Crippen LogP contribution >= 0.6 is 0 Å². The van der Waals surface area contributed by atoms with Crippen LogP contribution in [0.5, 0.6) is 0 Å². The van der Waals surface area contributed by atoms with Crippen LogP contribution in [-0.2, 0) is 9.59 Å². The quantitative estimate of drug-likeness (QED) is 0.587. The molecule has 96 valence electrons. The Morgan fingerprint density at radius 2 is 1.44 bits per heavy atom. The van der Waals surface area contributed by atoms with Crippen LogP contribution in [0.4, 0.5) is 0 Å². The zero-order valence-corrected chi connectivity index (χ0v) is 11.2. The highest BCUT2D eigenvalue weighted by molar-refractivity contribution is 5.66. The van der Waals surface area contributed by atoms with Gasteiger partial charge in [0.05, 0.1) is 0 Å². The predicted octanol–water partition coefficient (Wildman–Crippen LogP) is 3.45. The lowest BCUT2D eigenvalue weighted by Crippen LogP contribution is -1.91. The van der Waals surface area contributed by atoms with Crippen molar-refractivity contribution in [3.63, 3.8) is 0 Å². The molecule has 2 N–H and O–H groups in total. The first-order valence-electron chi connectivity index (χ1n) is 5.17. The fourth-order valence-electron chi connectivity index (χ4n) is 1.42. The Kier molecular flexibility index (Phi) is 9.96. The summed E-state index contributed by atoms with van der Waals surface area (Å²) in [4.78, 5) is 16.7. The Balaban J connectivity index is 0. The molecule has 1 aromatic carbocycles. The molecule has 18 heavy (non-hydrogen) atoms. The first kappa shape index (κ1) is 18.1. The van der Waals surface area contributed by atoms with Gasteiger partial charge in [-0.05, 0) is 49.9 Å². The van der Waals surface area contributed by atoms with E-state index in [4.69, 9.17) is 20.4 Å². The summed E-state index contributed by atoms with van der Waals surface area (Å²) in [6.07, 6.45) is 1.50. The highest BCUT2D eigenvalue weighted by Gasteiger charge is 2.02. The number of hydrogen-bond donors (Lipinski definition) is 2. The first-order chi connectivity index (χ1) is 8.37. The molecule has 0 atom stereocenters. The molecule has 1 rings (SSSR count). The Labute approximate surface area is 107 Å². The monoisotopic (exact) mass is 246 g/mol. The number of rotatable bonds is 1. The van der Waals surface area contributed by atoms with E-state index in [0.29, 0.717) is 0 Å². The number of carbonyl (C=O) groups excluding carboxylic acids is 2. The normalized spacial score (nSPS) is 7.56. The molecule has 0 bridgehead atoms. The molecule has 0 saturated heterocycles. The fourth-order valence-corrected chi connectivity index (χ4v) is 1.42. The van der Waals surface area contributed by atoms with E-state index in [0.717, 1.165) is 17.7 Å². The Morgan fingerprint density at radius 1 is 1.06 bits per heavy atom. The van der Waals surface area contributed by atoms with Crippen molar-refractivity contribution in [1.82, 2.24) is 0 Å². The van der Waals surface area contributed by atoms with Gasteiger partial charge in [0.2, 0.25) is 12.2 Å². The van der Waals surface area contributed by atoms with Gasteiger partial charge < -0.3 is 0 Å². The zero-order valence-electron chi connectivity index (χ0n) is 11.2. The minimum atomic E-state index is 0.750. The third-order valence-electron chi connectivity index (χ3n) is 2.52. The van der Waals surface area contributed by atoms with E-state index in [2.05, 4.69) is 46.4 Å². The molecular formula is C14H18N2O2. The molecule has 0 unspecified atom stereocenters. The molecule has 0 aliphatic rings. The lowest BCUT2D eigenvalue weighted by Gasteiger charge is -2.10. The third-order valence-corrected chi connectivity index (χ3v) is 2.52. The Bertz CT molecular complexity index is 467. The topological polar surface area (TPSA) is 81.8 Å². The summed E-state index contributed by atoms with van der Waals surface area (Å²) in [6, 6.07) is 4.31. The highest BCUT2D eigenvalue weighted by Crippen LogP contribution is 2.21. The Hall–Kier alpha value is -2.28. The van der Waals surface area contributed by atoms with E-state index >= 15 is 0 Å². The third kappa shape index (κ3) is 6.33. The molecule has 0 spiro atoms. The summed E-state index contributed by atoms with van der Waals surface area (Å²) in [7, 11) is 0. The molecule has 0 fully saturated rings. The molecule has 0 amide bonds. The van der Waals surface area contributed by atoms with Crippen molar-refractivity contribution in [2.75, 3.05) is 0 Å². The second kappa shape index (κ2) is 9.91. The van der Waals surface area contributed by atoms with Crippen LogP contribution in [0, 0.1) is 31.6 Å². The van der Waals surface area contributed by atoms with Crippen LogP contribution in [-0.4, -0.2) is 12.2 Å². The minimum Gasteiger partial charge on any atom is -0.222 e. The number of allylic oxidation sites excluding steroid dienone is 1. The summed E-state index contributed by atoms with van der Waals surface area (Å²) in [5.41, 5.74) is 6.55. The van der Waals surface area contributed by atoms with Gasteiger partial charge in [-0.3, -0.25) is 0 Å². The molecule has 4 heteroatoms. The van der Waals surface area contributed by atoms with E-state index in [-0.39, 0.29) is 0 Å². The second-order valence-electron chi connectivity index (χ2n) is 3.66. The van der Waals surface area contributed by atoms with Crippen molar-refractivity contribution in [3.8, 4) is 0 Å². The Morgan fingerprint density at radius 3 is 1.78 bits per heavy atom. The van der Waals surface area contributed by atoms with Crippen LogP contribution in [0.25, 0.3) is 5.57 Å².